The highest BCUT2D eigenvalue weighted by Gasteiger charge is 2.32. The van der Waals surface area contributed by atoms with Gasteiger partial charge in [0.05, 0.1) is 5.69 Å². The first kappa shape index (κ1) is 18.9. The summed E-state index contributed by atoms with van der Waals surface area (Å²) in [7, 11) is 0. The third-order valence-corrected chi connectivity index (χ3v) is 5.90. The van der Waals surface area contributed by atoms with Crippen molar-refractivity contribution in [3.8, 4) is 5.69 Å². The van der Waals surface area contributed by atoms with E-state index in [9.17, 15) is 9.90 Å². The average molecular weight is 434 g/mol. The summed E-state index contributed by atoms with van der Waals surface area (Å²) < 4.78 is 1.39. The lowest BCUT2D eigenvalue weighted by Crippen LogP contribution is -2.27. The van der Waals surface area contributed by atoms with Gasteiger partial charge in [-0.05, 0) is 52.7 Å². The molecule has 0 saturated heterocycles. The Hall–Kier alpha value is -1.86. The predicted octanol–water partition coefficient (Wildman–Crippen LogP) is 5.26. The van der Waals surface area contributed by atoms with Gasteiger partial charge < -0.3 is 5.11 Å². The lowest BCUT2D eigenvalue weighted by molar-refractivity contribution is -0.138. The van der Waals surface area contributed by atoms with E-state index in [-0.39, 0.29) is 0 Å². The van der Waals surface area contributed by atoms with E-state index in [0.29, 0.717) is 15.8 Å². The Morgan fingerprint density at radius 1 is 1.15 bits per heavy atom. The minimum Gasteiger partial charge on any atom is -0.480 e. The summed E-state index contributed by atoms with van der Waals surface area (Å²) in [6.07, 6.45) is 0. The van der Waals surface area contributed by atoms with Crippen molar-refractivity contribution >= 4 is 44.4 Å². The summed E-state index contributed by atoms with van der Waals surface area (Å²) in [6, 6.07) is 12.4. The van der Waals surface area contributed by atoms with Crippen molar-refractivity contribution in [1.82, 2.24) is 14.8 Å². The number of hydrogen-bond acceptors (Lipinski definition) is 4. The Balaban J connectivity index is 2.21. The van der Waals surface area contributed by atoms with Crippen LogP contribution in [0.2, 0.25) is 0 Å². The topological polar surface area (TPSA) is 68.0 Å². The van der Waals surface area contributed by atoms with E-state index in [4.69, 9.17) is 0 Å². The molecule has 0 amide bonds. The molecule has 1 heterocycles. The second-order valence-electron chi connectivity index (χ2n) is 6.88. The number of rotatable bonds is 5. The molecule has 2 aromatic carbocycles. The number of aromatic nitrogens is 3. The first-order chi connectivity index (χ1) is 12.2. The van der Waals surface area contributed by atoms with E-state index in [1.807, 2.05) is 22.8 Å². The number of aliphatic carboxylic acids is 1. The zero-order valence-corrected chi connectivity index (χ0v) is 17.4. The molecule has 0 aliphatic carbocycles. The van der Waals surface area contributed by atoms with Gasteiger partial charge >= 0.3 is 5.97 Å². The molecule has 0 unspecified atom stereocenters. The van der Waals surface area contributed by atoms with Gasteiger partial charge in [0.2, 0.25) is 4.73 Å². The van der Waals surface area contributed by atoms with E-state index in [2.05, 4.69) is 58.2 Å². The van der Waals surface area contributed by atoms with Crippen LogP contribution < -0.4 is 0 Å². The highest BCUT2D eigenvalue weighted by atomic mass is 79.9. The first-order valence-electron chi connectivity index (χ1n) is 8.27. The number of benzene rings is 2. The number of fused-ring (bicyclic) bond motifs is 1. The monoisotopic (exact) mass is 433 g/mol. The average Bonchev–Trinajstić information content (AvgIpc) is 2.93. The zero-order valence-electron chi connectivity index (χ0n) is 15.0. The molecule has 0 spiro atoms. The molecule has 136 valence electrons. The Morgan fingerprint density at radius 3 is 2.42 bits per heavy atom. The quantitative estimate of drug-likeness (QED) is 0.555. The molecule has 1 aromatic heterocycles. The normalized spacial score (nSPS) is 12.1. The van der Waals surface area contributed by atoms with Crippen LogP contribution in [0, 0.1) is 0 Å². The molecular formula is C19H20BrN3O2S. The van der Waals surface area contributed by atoms with Crippen LogP contribution in [0.15, 0.2) is 46.3 Å². The molecule has 0 bridgehead atoms. The number of carbonyl (C=O) groups is 1. The molecule has 1 N–H and O–H groups in total. The van der Waals surface area contributed by atoms with Crippen LogP contribution in [0.3, 0.4) is 0 Å². The molecule has 26 heavy (non-hydrogen) atoms. The van der Waals surface area contributed by atoms with E-state index in [1.165, 1.54) is 22.7 Å². The van der Waals surface area contributed by atoms with E-state index >= 15 is 0 Å². The molecule has 0 aliphatic rings. The number of carboxylic acid groups (broad SMARTS) is 1. The van der Waals surface area contributed by atoms with Crippen LogP contribution in [0.25, 0.3) is 16.5 Å². The minimum absolute atomic E-state index is 0.401. The summed E-state index contributed by atoms with van der Waals surface area (Å²) in [6.45, 7) is 7.67. The maximum Gasteiger partial charge on any atom is 0.319 e. The summed E-state index contributed by atoms with van der Waals surface area (Å²) in [5.74, 6) is -0.494. The van der Waals surface area contributed by atoms with Gasteiger partial charge in [-0.3, -0.25) is 9.36 Å². The highest BCUT2D eigenvalue weighted by Crippen LogP contribution is 2.37. The molecule has 0 atom stereocenters. The highest BCUT2D eigenvalue weighted by molar-refractivity contribution is 9.10. The summed E-state index contributed by atoms with van der Waals surface area (Å²) in [5.41, 5.74) is 2.19. The van der Waals surface area contributed by atoms with E-state index < -0.39 is 10.7 Å². The van der Waals surface area contributed by atoms with Crippen molar-refractivity contribution in [2.24, 2.45) is 0 Å². The fourth-order valence-corrected chi connectivity index (χ4v) is 4.25. The Kier molecular flexibility index (Phi) is 5.12. The largest absolute Gasteiger partial charge is 0.480 e. The molecule has 5 nitrogen and oxygen atoms in total. The van der Waals surface area contributed by atoms with Gasteiger partial charge in [0.15, 0.2) is 5.16 Å². The predicted molar refractivity (Wildman–Crippen MR) is 108 cm³/mol. The molecule has 7 heteroatoms. The van der Waals surface area contributed by atoms with Crippen molar-refractivity contribution in [1.29, 1.82) is 0 Å². The Morgan fingerprint density at radius 2 is 1.81 bits per heavy atom. The molecule has 0 fully saturated rings. The van der Waals surface area contributed by atoms with Crippen LogP contribution in [0.4, 0.5) is 0 Å². The first-order valence-corrected chi connectivity index (χ1v) is 9.88. The van der Waals surface area contributed by atoms with Gasteiger partial charge in [-0.2, -0.15) is 0 Å². The van der Waals surface area contributed by atoms with Gasteiger partial charge in [-0.15, -0.1) is 10.2 Å². The smallest absolute Gasteiger partial charge is 0.319 e. The van der Waals surface area contributed by atoms with Crippen LogP contribution in [-0.2, 0) is 4.79 Å². The van der Waals surface area contributed by atoms with Crippen LogP contribution in [0.1, 0.15) is 39.2 Å². The number of carboxylic acids is 1. The summed E-state index contributed by atoms with van der Waals surface area (Å²) >= 11 is 4.64. The van der Waals surface area contributed by atoms with Crippen molar-refractivity contribution < 1.29 is 9.90 Å². The number of halogens is 1. The maximum atomic E-state index is 11.5. The van der Waals surface area contributed by atoms with Gasteiger partial charge in [-0.1, -0.05) is 55.9 Å². The second-order valence-corrected chi connectivity index (χ2v) is 9.18. The van der Waals surface area contributed by atoms with Crippen molar-refractivity contribution in [2.45, 2.75) is 43.5 Å². The zero-order chi connectivity index (χ0) is 19.1. The third kappa shape index (κ3) is 3.38. The molecule has 3 rings (SSSR count). The van der Waals surface area contributed by atoms with E-state index in [0.717, 1.165) is 11.1 Å². The standard InChI is InChI=1S/C19H20BrN3O2S/c1-11(2)12-9-10-15(14-8-6-5-7-13(12)14)23-17(20)21-22-18(23)26-19(3,4)16(24)25/h5-11H,1-4H3,(H,24,25). The molecule has 0 radical (unpaired) electrons. The van der Waals surface area contributed by atoms with Gasteiger partial charge in [0, 0.05) is 5.39 Å². The van der Waals surface area contributed by atoms with Crippen molar-refractivity contribution in [2.75, 3.05) is 0 Å². The fraction of sp³-hybridized carbons (Fsp3) is 0.316. The summed E-state index contributed by atoms with van der Waals surface area (Å²) in [4.78, 5) is 11.5. The fourth-order valence-electron chi connectivity index (χ4n) is 2.80. The lowest BCUT2D eigenvalue weighted by atomic mass is 9.95. The molecule has 0 aliphatic heterocycles. The van der Waals surface area contributed by atoms with Gasteiger partial charge in [0.1, 0.15) is 4.75 Å². The maximum absolute atomic E-state index is 11.5. The second kappa shape index (κ2) is 7.04. The SMILES string of the molecule is CC(C)c1ccc(-n2c(Br)nnc2SC(C)(C)C(=O)O)c2ccccc12. The molecular weight excluding hydrogens is 414 g/mol. The third-order valence-electron chi connectivity index (χ3n) is 4.25. The van der Waals surface area contributed by atoms with Gasteiger partial charge in [0.25, 0.3) is 0 Å². The number of hydrogen-bond donors (Lipinski definition) is 1. The van der Waals surface area contributed by atoms with Crippen molar-refractivity contribution in [3.63, 3.8) is 0 Å². The number of nitrogens with zero attached hydrogens (tertiary/aromatic N) is 3. The number of thioether (sulfide) groups is 1. The molecule has 3 aromatic rings. The van der Waals surface area contributed by atoms with Crippen LogP contribution in [0.5, 0.6) is 0 Å². The minimum atomic E-state index is -1.02. The van der Waals surface area contributed by atoms with E-state index in [1.54, 1.807) is 13.8 Å². The van der Waals surface area contributed by atoms with Gasteiger partial charge in [-0.25, -0.2) is 0 Å². The summed E-state index contributed by atoms with van der Waals surface area (Å²) in [5, 5.41) is 20.5. The van der Waals surface area contributed by atoms with Crippen LogP contribution in [-0.4, -0.2) is 30.6 Å². The lowest BCUT2D eigenvalue weighted by Gasteiger charge is -2.19. The van der Waals surface area contributed by atoms with Crippen LogP contribution >= 0.6 is 27.7 Å². The Labute approximate surface area is 164 Å². The van der Waals surface area contributed by atoms with Crippen molar-refractivity contribution in [3.05, 3.63) is 46.7 Å². The Bertz CT molecular complexity index is 982. The molecule has 0 saturated carbocycles.